The summed E-state index contributed by atoms with van der Waals surface area (Å²) in [7, 11) is 0. The first kappa shape index (κ1) is 9.36. The van der Waals surface area contributed by atoms with Crippen molar-refractivity contribution in [2.45, 2.75) is 0 Å². The first-order valence-corrected chi connectivity index (χ1v) is 3.97. The van der Waals surface area contributed by atoms with Gasteiger partial charge in [-0.25, -0.2) is 4.39 Å². The summed E-state index contributed by atoms with van der Waals surface area (Å²) in [6.07, 6.45) is 1.27. The van der Waals surface area contributed by atoms with Gasteiger partial charge < -0.3 is 0 Å². The summed E-state index contributed by atoms with van der Waals surface area (Å²) in [6.45, 7) is 6.82. The van der Waals surface area contributed by atoms with Gasteiger partial charge in [-0.2, -0.15) is 0 Å². The Balaban J connectivity index is 4.17. The van der Waals surface area contributed by atoms with Crippen molar-refractivity contribution in [1.82, 2.24) is 0 Å². The van der Waals surface area contributed by atoms with Gasteiger partial charge in [-0.3, -0.25) is 0 Å². The zero-order valence-electron chi connectivity index (χ0n) is 4.63. The van der Waals surface area contributed by atoms with Crippen molar-refractivity contribution in [3.63, 3.8) is 0 Å². The average molecular weight is 303 g/mol. The fourth-order valence-electron chi connectivity index (χ4n) is 0.216. The minimum Gasteiger partial charge on any atom is -0.206 e. The molecule has 0 saturated carbocycles. The highest BCUT2D eigenvalue weighted by Gasteiger charge is 1.94. The number of hydrogen-bond donors (Lipinski definition) is 0. The highest BCUT2D eigenvalue weighted by Crippen LogP contribution is 2.19. The molecule has 0 aromatic heterocycles. The van der Waals surface area contributed by atoms with E-state index in [-0.39, 0.29) is 5.83 Å². The number of rotatable bonds is 2. The summed E-state index contributed by atoms with van der Waals surface area (Å²) < 4.78 is 13.3. The third-order valence-corrected chi connectivity index (χ3v) is 1.29. The second-order valence-corrected chi connectivity index (χ2v) is 3.66. The maximum absolute atomic E-state index is 12.4. The van der Waals surface area contributed by atoms with Gasteiger partial charge in [0.05, 0.1) is 0 Å². The third-order valence-electron chi connectivity index (χ3n) is 0.542. The van der Waals surface area contributed by atoms with E-state index in [9.17, 15) is 4.39 Å². The minimum atomic E-state index is -0.350. The van der Waals surface area contributed by atoms with Crippen molar-refractivity contribution in [3.8, 4) is 0 Å². The number of allylic oxidation sites excluding steroid dienone is 4. The molecule has 0 aliphatic rings. The summed E-state index contributed by atoms with van der Waals surface area (Å²) in [5, 5.41) is 0. The highest BCUT2D eigenvalue weighted by atomic mass is 127. The van der Waals surface area contributed by atoms with Crippen LogP contribution in [-0.2, 0) is 0 Å². The van der Waals surface area contributed by atoms with Crippen LogP contribution in [0.25, 0.3) is 0 Å². The number of halogens is 3. The quantitative estimate of drug-likeness (QED) is 0.539. The predicted octanol–water partition coefficient (Wildman–Crippen LogP) is 3.70. The standard InChI is InChI=1S/C6H5BrFI/c1-4(7)3-6(8)5(2)9/h3H,1-2H2/b6-3+. The molecular weight excluding hydrogens is 298 g/mol. The van der Waals surface area contributed by atoms with E-state index in [0.29, 0.717) is 8.06 Å². The van der Waals surface area contributed by atoms with Gasteiger partial charge in [0.1, 0.15) is 5.83 Å². The van der Waals surface area contributed by atoms with Gasteiger partial charge >= 0.3 is 0 Å². The minimum absolute atomic E-state index is 0.350. The van der Waals surface area contributed by atoms with E-state index in [2.05, 4.69) is 29.1 Å². The molecule has 0 radical (unpaired) electrons. The molecule has 50 valence electrons. The molecular formula is C6H5BrFI. The van der Waals surface area contributed by atoms with Crippen LogP contribution in [0.3, 0.4) is 0 Å². The van der Waals surface area contributed by atoms with E-state index >= 15 is 0 Å². The fourth-order valence-corrected chi connectivity index (χ4v) is 0.572. The number of hydrogen-bond acceptors (Lipinski definition) is 0. The summed E-state index contributed by atoms with van der Waals surface area (Å²) in [6, 6.07) is 0. The summed E-state index contributed by atoms with van der Waals surface area (Å²) >= 11 is 4.79. The highest BCUT2D eigenvalue weighted by molar-refractivity contribution is 14.1. The molecule has 0 amide bonds. The van der Waals surface area contributed by atoms with Crippen molar-refractivity contribution in [2.75, 3.05) is 0 Å². The molecule has 0 atom stereocenters. The van der Waals surface area contributed by atoms with Crippen LogP contribution in [0.5, 0.6) is 0 Å². The molecule has 9 heavy (non-hydrogen) atoms. The van der Waals surface area contributed by atoms with E-state index in [0.717, 1.165) is 0 Å². The molecule has 0 bridgehead atoms. The normalized spacial score (nSPS) is 11.2. The molecule has 0 unspecified atom stereocenters. The summed E-state index contributed by atoms with van der Waals surface area (Å²) in [4.78, 5) is 0. The first-order valence-electron chi connectivity index (χ1n) is 2.10. The Morgan fingerprint density at radius 1 is 1.56 bits per heavy atom. The summed E-state index contributed by atoms with van der Waals surface area (Å²) in [5.41, 5.74) is 0. The van der Waals surface area contributed by atoms with Gasteiger partial charge in [-0.15, -0.1) is 0 Å². The summed E-state index contributed by atoms with van der Waals surface area (Å²) in [5.74, 6) is -0.350. The fraction of sp³-hybridized carbons (Fsp3) is 0. The van der Waals surface area contributed by atoms with Gasteiger partial charge in [0.15, 0.2) is 0 Å². The largest absolute Gasteiger partial charge is 0.206 e. The molecule has 0 aliphatic heterocycles. The second-order valence-electron chi connectivity index (χ2n) is 1.34. The molecule has 0 aromatic carbocycles. The van der Waals surface area contributed by atoms with Crippen LogP contribution in [0.1, 0.15) is 0 Å². The zero-order valence-corrected chi connectivity index (χ0v) is 8.37. The monoisotopic (exact) mass is 302 g/mol. The molecule has 0 heterocycles. The van der Waals surface area contributed by atoms with Gasteiger partial charge in [-0.05, 0) is 28.7 Å². The average Bonchev–Trinajstić information content (AvgIpc) is 1.63. The molecule has 0 spiro atoms. The van der Waals surface area contributed by atoms with Crippen LogP contribution in [0, 0.1) is 0 Å². The van der Waals surface area contributed by atoms with E-state index in [1.807, 2.05) is 0 Å². The van der Waals surface area contributed by atoms with Gasteiger partial charge in [0, 0.05) is 8.06 Å². The van der Waals surface area contributed by atoms with Crippen LogP contribution >= 0.6 is 38.5 Å². The Kier molecular flexibility index (Phi) is 4.39. The predicted molar refractivity (Wildman–Crippen MR) is 50.4 cm³/mol. The SMILES string of the molecule is C=C(Br)/C=C(/F)C(=C)I. The van der Waals surface area contributed by atoms with Crippen LogP contribution in [0.4, 0.5) is 4.39 Å². The Morgan fingerprint density at radius 2 is 2.00 bits per heavy atom. The van der Waals surface area contributed by atoms with Gasteiger partial charge in [0.2, 0.25) is 0 Å². The molecule has 0 aromatic rings. The Labute approximate surface area is 75.8 Å². The smallest absolute Gasteiger partial charge is 0.137 e. The van der Waals surface area contributed by atoms with Crippen molar-refractivity contribution in [3.05, 3.63) is 33.1 Å². The Bertz CT molecular complexity index is 172. The lowest BCUT2D eigenvalue weighted by Crippen LogP contribution is -1.68. The lowest BCUT2D eigenvalue weighted by Gasteiger charge is -1.89. The van der Waals surface area contributed by atoms with Crippen molar-refractivity contribution < 1.29 is 4.39 Å². The van der Waals surface area contributed by atoms with Crippen LogP contribution < -0.4 is 0 Å². The van der Waals surface area contributed by atoms with Crippen LogP contribution in [0.15, 0.2) is 33.1 Å². The molecule has 0 fully saturated rings. The molecule has 0 saturated heterocycles. The van der Waals surface area contributed by atoms with E-state index in [4.69, 9.17) is 0 Å². The lowest BCUT2D eigenvalue weighted by molar-refractivity contribution is 0.666. The van der Waals surface area contributed by atoms with Crippen LogP contribution in [0.2, 0.25) is 0 Å². The lowest BCUT2D eigenvalue weighted by atomic mass is 10.4. The Hall–Kier alpha value is 0.360. The van der Waals surface area contributed by atoms with Gasteiger partial charge in [0.25, 0.3) is 0 Å². The molecule has 3 heteroatoms. The molecule has 0 N–H and O–H groups in total. The van der Waals surface area contributed by atoms with E-state index < -0.39 is 0 Å². The van der Waals surface area contributed by atoms with Crippen molar-refractivity contribution in [1.29, 1.82) is 0 Å². The van der Waals surface area contributed by atoms with Gasteiger partial charge in [-0.1, -0.05) is 29.1 Å². The molecule has 0 nitrogen and oxygen atoms in total. The third kappa shape index (κ3) is 4.84. The van der Waals surface area contributed by atoms with Crippen molar-refractivity contribution >= 4 is 38.5 Å². The van der Waals surface area contributed by atoms with E-state index in [1.54, 1.807) is 22.6 Å². The maximum atomic E-state index is 12.4. The van der Waals surface area contributed by atoms with E-state index in [1.165, 1.54) is 6.08 Å². The Morgan fingerprint density at radius 3 is 2.11 bits per heavy atom. The molecule has 0 rings (SSSR count). The maximum Gasteiger partial charge on any atom is 0.137 e. The molecule has 0 aliphatic carbocycles. The second kappa shape index (κ2) is 4.22. The zero-order chi connectivity index (χ0) is 7.44. The van der Waals surface area contributed by atoms with Crippen molar-refractivity contribution in [2.24, 2.45) is 0 Å². The van der Waals surface area contributed by atoms with Crippen LogP contribution in [-0.4, -0.2) is 0 Å². The topological polar surface area (TPSA) is 0 Å². The first-order chi connectivity index (χ1) is 4.04.